The number of aromatic nitrogens is 2. The molecule has 1 heterocycles. The summed E-state index contributed by atoms with van der Waals surface area (Å²) < 4.78 is 3.06. The second kappa shape index (κ2) is 5.67. The van der Waals surface area contributed by atoms with E-state index in [0.717, 1.165) is 35.2 Å². The molecule has 0 radical (unpaired) electrons. The van der Waals surface area contributed by atoms with E-state index in [1.165, 1.54) is 11.3 Å². The van der Waals surface area contributed by atoms with Crippen LogP contribution in [0.4, 0.5) is 0 Å². The number of nitrogens with two attached hydrogens (primary N) is 1. The van der Waals surface area contributed by atoms with Crippen LogP contribution >= 0.6 is 15.9 Å². The summed E-state index contributed by atoms with van der Waals surface area (Å²) in [7, 11) is 0. The highest BCUT2D eigenvalue weighted by atomic mass is 79.9. The smallest absolute Gasteiger partial charge is 0.0790 e. The molecular formula is C14H18BrN3. The van der Waals surface area contributed by atoms with Crippen molar-refractivity contribution in [2.24, 2.45) is 5.73 Å². The highest BCUT2D eigenvalue weighted by Gasteiger charge is 2.13. The zero-order valence-electron chi connectivity index (χ0n) is 10.8. The summed E-state index contributed by atoms with van der Waals surface area (Å²) >= 11 is 3.57. The third-order valence-corrected chi connectivity index (χ3v) is 3.82. The van der Waals surface area contributed by atoms with Crippen molar-refractivity contribution in [2.45, 2.75) is 26.7 Å². The summed E-state index contributed by atoms with van der Waals surface area (Å²) in [5.41, 5.74) is 10.3. The molecule has 18 heavy (non-hydrogen) atoms. The largest absolute Gasteiger partial charge is 0.330 e. The number of halogens is 1. The van der Waals surface area contributed by atoms with Crippen molar-refractivity contribution in [3.05, 3.63) is 45.7 Å². The lowest BCUT2D eigenvalue weighted by Gasteiger charge is -2.07. The average molecular weight is 308 g/mol. The van der Waals surface area contributed by atoms with Crippen LogP contribution in [-0.2, 0) is 6.42 Å². The molecule has 2 aromatic rings. The van der Waals surface area contributed by atoms with Gasteiger partial charge in [0.15, 0.2) is 0 Å². The first-order chi connectivity index (χ1) is 8.65. The fraction of sp³-hybridized carbons (Fsp3) is 0.357. The number of hydrogen-bond acceptors (Lipinski definition) is 2. The lowest BCUT2D eigenvalue weighted by Crippen LogP contribution is -2.03. The van der Waals surface area contributed by atoms with Crippen LogP contribution in [0.25, 0.3) is 5.69 Å². The number of rotatable bonds is 4. The molecule has 1 aromatic carbocycles. The van der Waals surface area contributed by atoms with Gasteiger partial charge in [-0.3, -0.25) is 0 Å². The lowest BCUT2D eigenvalue weighted by atomic mass is 10.1. The fourth-order valence-electron chi connectivity index (χ4n) is 2.17. The Balaban J connectivity index is 2.44. The molecule has 0 aliphatic rings. The number of benzene rings is 1. The number of para-hydroxylation sites is 1. The first-order valence-corrected chi connectivity index (χ1v) is 6.94. The van der Waals surface area contributed by atoms with Crippen LogP contribution < -0.4 is 5.73 Å². The Kier molecular flexibility index (Phi) is 4.19. The SMILES string of the molecule is Cc1nn(-c2ccccc2Br)c(C)c1CCCN. The molecule has 0 saturated carbocycles. The third-order valence-electron chi connectivity index (χ3n) is 3.15. The molecule has 4 heteroatoms. The topological polar surface area (TPSA) is 43.8 Å². The van der Waals surface area contributed by atoms with Gasteiger partial charge in [0, 0.05) is 10.2 Å². The van der Waals surface area contributed by atoms with Gasteiger partial charge in [0.2, 0.25) is 0 Å². The standard InChI is InChI=1S/C14H18BrN3/c1-10-12(6-5-9-16)11(2)18(17-10)14-8-4-3-7-13(14)15/h3-4,7-8H,5-6,9,16H2,1-2H3. The van der Waals surface area contributed by atoms with Gasteiger partial charge in [0.25, 0.3) is 0 Å². The molecule has 3 nitrogen and oxygen atoms in total. The van der Waals surface area contributed by atoms with Crippen LogP contribution in [0.2, 0.25) is 0 Å². The van der Waals surface area contributed by atoms with Crippen LogP contribution in [0.3, 0.4) is 0 Å². The Morgan fingerprint density at radius 2 is 2.00 bits per heavy atom. The van der Waals surface area contributed by atoms with Gasteiger partial charge in [-0.15, -0.1) is 0 Å². The van der Waals surface area contributed by atoms with E-state index in [-0.39, 0.29) is 0 Å². The van der Waals surface area contributed by atoms with E-state index in [0.29, 0.717) is 0 Å². The van der Waals surface area contributed by atoms with E-state index in [2.05, 4.69) is 40.9 Å². The van der Waals surface area contributed by atoms with Crippen LogP contribution in [0, 0.1) is 13.8 Å². The maximum absolute atomic E-state index is 5.58. The van der Waals surface area contributed by atoms with Crippen molar-refractivity contribution in [3.8, 4) is 5.69 Å². The fourth-order valence-corrected chi connectivity index (χ4v) is 2.63. The second-order valence-electron chi connectivity index (χ2n) is 4.40. The van der Waals surface area contributed by atoms with Crippen molar-refractivity contribution < 1.29 is 0 Å². The Bertz CT molecular complexity index is 546. The molecule has 0 spiro atoms. The predicted molar refractivity (Wildman–Crippen MR) is 78.1 cm³/mol. The first kappa shape index (κ1) is 13.3. The molecular weight excluding hydrogens is 290 g/mol. The van der Waals surface area contributed by atoms with E-state index in [4.69, 9.17) is 5.73 Å². The van der Waals surface area contributed by atoms with Crippen LogP contribution in [0.15, 0.2) is 28.7 Å². The molecule has 1 aromatic heterocycles. The minimum atomic E-state index is 0.721. The Morgan fingerprint density at radius 3 is 2.67 bits per heavy atom. The highest BCUT2D eigenvalue weighted by molar-refractivity contribution is 9.10. The molecule has 0 atom stereocenters. The molecule has 0 saturated heterocycles. The van der Waals surface area contributed by atoms with Crippen molar-refractivity contribution in [2.75, 3.05) is 6.54 Å². The zero-order valence-corrected chi connectivity index (χ0v) is 12.4. The minimum Gasteiger partial charge on any atom is -0.330 e. The molecule has 0 amide bonds. The predicted octanol–water partition coefficient (Wildman–Crippen LogP) is 3.14. The van der Waals surface area contributed by atoms with Gasteiger partial charge < -0.3 is 5.73 Å². The lowest BCUT2D eigenvalue weighted by molar-refractivity contribution is 0.814. The Morgan fingerprint density at radius 1 is 1.28 bits per heavy atom. The molecule has 0 aliphatic heterocycles. The maximum atomic E-state index is 5.58. The number of aryl methyl sites for hydroxylation is 1. The Labute approximate surface area is 116 Å². The van der Waals surface area contributed by atoms with E-state index >= 15 is 0 Å². The quantitative estimate of drug-likeness (QED) is 0.943. The van der Waals surface area contributed by atoms with Crippen molar-refractivity contribution in [1.29, 1.82) is 0 Å². The van der Waals surface area contributed by atoms with Crippen molar-refractivity contribution >= 4 is 15.9 Å². The van der Waals surface area contributed by atoms with Gasteiger partial charge in [0.1, 0.15) is 0 Å². The van der Waals surface area contributed by atoms with Crippen LogP contribution in [0.1, 0.15) is 23.4 Å². The molecule has 0 unspecified atom stereocenters. The molecule has 0 aliphatic carbocycles. The van der Waals surface area contributed by atoms with Crippen LogP contribution in [-0.4, -0.2) is 16.3 Å². The van der Waals surface area contributed by atoms with Crippen molar-refractivity contribution in [1.82, 2.24) is 9.78 Å². The molecule has 2 N–H and O–H groups in total. The zero-order chi connectivity index (χ0) is 13.1. The van der Waals surface area contributed by atoms with Gasteiger partial charge in [-0.05, 0) is 66.9 Å². The van der Waals surface area contributed by atoms with E-state index in [1.807, 2.05) is 22.9 Å². The summed E-state index contributed by atoms with van der Waals surface area (Å²) in [6.07, 6.45) is 2.00. The van der Waals surface area contributed by atoms with Gasteiger partial charge >= 0.3 is 0 Å². The molecule has 96 valence electrons. The van der Waals surface area contributed by atoms with Gasteiger partial charge in [0.05, 0.1) is 11.4 Å². The van der Waals surface area contributed by atoms with Gasteiger partial charge in [-0.1, -0.05) is 12.1 Å². The normalized spacial score (nSPS) is 10.9. The maximum Gasteiger partial charge on any atom is 0.0790 e. The van der Waals surface area contributed by atoms with Gasteiger partial charge in [-0.25, -0.2) is 4.68 Å². The number of hydrogen-bond donors (Lipinski definition) is 1. The summed E-state index contributed by atoms with van der Waals surface area (Å²) in [6, 6.07) is 8.13. The first-order valence-electron chi connectivity index (χ1n) is 6.15. The summed E-state index contributed by atoms with van der Waals surface area (Å²) in [5.74, 6) is 0. The Hall–Kier alpha value is -1.13. The van der Waals surface area contributed by atoms with Crippen molar-refractivity contribution in [3.63, 3.8) is 0 Å². The molecule has 0 bridgehead atoms. The molecule has 2 rings (SSSR count). The molecule has 0 fully saturated rings. The summed E-state index contributed by atoms with van der Waals surface area (Å²) in [6.45, 7) is 4.90. The van der Waals surface area contributed by atoms with Gasteiger partial charge in [-0.2, -0.15) is 5.10 Å². The van der Waals surface area contributed by atoms with Crippen LogP contribution in [0.5, 0.6) is 0 Å². The average Bonchev–Trinajstić information content (AvgIpc) is 2.63. The second-order valence-corrected chi connectivity index (χ2v) is 5.26. The highest BCUT2D eigenvalue weighted by Crippen LogP contribution is 2.24. The summed E-state index contributed by atoms with van der Waals surface area (Å²) in [5, 5.41) is 4.64. The number of nitrogens with zero attached hydrogens (tertiary/aromatic N) is 2. The third kappa shape index (κ3) is 2.49. The van der Waals surface area contributed by atoms with E-state index in [9.17, 15) is 0 Å². The monoisotopic (exact) mass is 307 g/mol. The van der Waals surface area contributed by atoms with E-state index in [1.54, 1.807) is 0 Å². The van der Waals surface area contributed by atoms with E-state index < -0.39 is 0 Å². The summed E-state index contributed by atoms with van der Waals surface area (Å²) in [4.78, 5) is 0. The minimum absolute atomic E-state index is 0.721.